The summed E-state index contributed by atoms with van der Waals surface area (Å²) in [7, 11) is 0. The van der Waals surface area contributed by atoms with Crippen molar-refractivity contribution >= 4 is 43.6 Å². The second-order valence-electron chi connectivity index (χ2n) is 18.5. The monoisotopic (exact) mass is 768 g/mol. The van der Waals surface area contributed by atoms with Crippen molar-refractivity contribution in [1.82, 2.24) is 9.13 Å². The maximum absolute atomic E-state index is 2.64. The summed E-state index contributed by atoms with van der Waals surface area (Å²) in [5, 5.41) is 5.15. The topological polar surface area (TPSA) is 9.86 Å². The van der Waals surface area contributed by atoms with Crippen molar-refractivity contribution in [2.24, 2.45) is 23.7 Å². The molecule has 2 aromatic heterocycles. The van der Waals surface area contributed by atoms with E-state index in [4.69, 9.17) is 0 Å². The van der Waals surface area contributed by atoms with E-state index in [0.29, 0.717) is 0 Å². The number of rotatable bonds is 4. The van der Waals surface area contributed by atoms with Gasteiger partial charge in [-0.25, -0.2) is 0 Å². The molecule has 5 aliphatic rings. The second kappa shape index (κ2) is 12.2. The van der Waals surface area contributed by atoms with E-state index in [0.717, 1.165) is 23.7 Å². The quantitative estimate of drug-likeness (QED) is 0.169. The molecule has 2 nitrogen and oxygen atoms in total. The molecular weight excluding hydrogens is 725 g/mol. The lowest BCUT2D eigenvalue weighted by Gasteiger charge is -2.61. The lowest BCUT2D eigenvalue weighted by molar-refractivity contribution is -0.0399. The Morgan fingerprint density at radius 2 is 0.817 bits per heavy atom. The fourth-order valence-corrected chi connectivity index (χ4v) is 13.6. The van der Waals surface area contributed by atoms with Gasteiger partial charge in [-0.3, -0.25) is 0 Å². The summed E-state index contributed by atoms with van der Waals surface area (Å²) in [6.07, 6.45) is 7.07. The first-order valence-corrected chi connectivity index (χ1v) is 22.2. The van der Waals surface area contributed by atoms with Crippen LogP contribution in [0.1, 0.15) is 43.2 Å². The van der Waals surface area contributed by atoms with E-state index in [9.17, 15) is 0 Å². The van der Waals surface area contributed by atoms with E-state index in [1.165, 1.54) is 120 Å². The number of para-hydroxylation sites is 2. The second-order valence-corrected chi connectivity index (χ2v) is 18.5. The van der Waals surface area contributed by atoms with Crippen LogP contribution in [0.4, 0.5) is 0 Å². The molecule has 0 saturated heterocycles. The number of nitrogens with zero attached hydrogens (tertiary/aromatic N) is 2. The van der Waals surface area contributed by atoms with E-state index in [1.54, 1.807) is 11.1 Å². The van der Waals surface area contributed by atoms with Crippen LogP contribution in [0.25, 0.3) is 88.4 Å². The van der Waals surface area contributed by atoms with E-state index in [2.05, 4.69) is 191 Å². The minimum absolute atomic E-state index is 0.147. The van der Waals surface area contributed by atoms with Crippen molar-refractivity contribution in [2.45, 2.75) is 37.5 Å². The number of fused-ring (bicyclic) bond motifs is 9. The third-order valence-corrected chi connectivity index (χ3v) is 15.7. The Balaban J connectivity index is 0.902. The van der Waals surface area contributed by atoms with Gasteiger partial charge in [-0.1, -0.05) is 121 Å². The first-order valence-electron chi connectivity index (χ1n) is 22.2. The molecule has 15 rings (SSSR count). The Morgan fingerprint density at radius 1 is 0.333 bits per heavy atom. The third-order valence-electron chi connectivity index (χ3n) is 15.7. The Hall–Kier alpha value is -6.64. The van der Waals surface area contributed by atoms with E-state index in [1.807, 2.05) is 0 Å². The fourth-order valence-electron chi connectivity index (χ4n) is 13.6. The van der Waals surface area contributed by atoms with Gasteiger partial charge in [-0.2, -0.15) is 0 Å². The highest BCUT2D eigenvalue weighted by Gasteiger charge is 2.61. The lowest BCUT2D eigenvalue weighted by Crippen LogP contribution is -2.55. The molecule has 10 aromatic rings. The van der Waals surface area contributed by atoms with E-state index in [-0.39, 0.29) is 5.41 Å². The maximum Gasteiger partial charge on any atom is 0.0541 e. The minimum Gasteiger partial charge on any atom is -0.309 e. The van der Waals surface area contributed by atoms with E-state index >= 15 is 0 Å². The number of aromatic nitrogens is 2. The highest BCUT2D eigenvalue weighted by atomic mass is 15.0. The van der Waals surface area contributed by atoms with Gasteiger partial charge in [0.25, 0.3) is 0 Å². The van der Waals surface area contributed by atoms with E-state index < -0.39 is 0 Å². The highest BCUT2D eigenvalue weighted by Crippen LogP contribution is 2.69. The first-order chi connectivity index (χ1) is 29.7. The van der Waals surface area contributed by atoms with Gasteiger partial charge in [0.15, 0.2) is 0 Å². The zero-order chi connectivity index (χ0) is 39.1. The molecule has 0 unspecified atom stereocenters. The molecule has 2 heterocycles. The Bertz CT molecular complexity index is 3350. The molecule has 0 aliphatic heterocycles. The average molecular weight is 769 g/mol. The van der Waals surface area contributed by atoms with Crippen LogP contribution in [0, 0.1) is 23.7 Å². The molecule has 8 aromatic carbocycles. The largest absolute Gasteiger partial charge is 0.309 e. The maximum atomic E-state index is 2.64. The highest BCUT2D eigenvalue weighted by molar-refractivity contribution is 6.12. The van der Waals surface area contributed by atoms with Crippen molar-refractivity contribution in [3.63, 3.8) is 0 Å². The third kappa shape index (κ3) is 4.44. The van der Waals surface area contributed by atoms with Gasteiger partial charge >= 0.3 is 0 Å². The normalized spacial score (nSPS) is 22.4. The zero-order valence-electron chi connectivity index (χ0n) is 33.6. The summed E-state index contributed by atoms with van der Waals surface area (Å²) in [6.45, 7) is 0. The first kappa shape index (κ1) is 33.2. The molecule has 4 bridgehead atoms. The molecule has 60 heavy (non-hydrogen) atoms. The van der Waals surface area contributed by atoms with Crippen molar-refractivity contribution in [3.05, 3.63) is 193 Å². The lowest BCUT2D eigenvalue weighted by atomic mass is 9.43. The van der Waals surface area contributed by atoms with Crippen LogP contribution in [0.3, 0.4) is 0 Å². The van der Waals surface area contributed by atoms with Crippen LogP contribution >= 0.6 is 0 Å². The molecular formula is C58H44N2. The number of benzene rings is 8. The van der Waals surface area contributed by atoms with Crippen LogP contribution in [0.15, 0.2) is 182 Å². The van der Waals surface area contributed by atoms with Crippen molar-refractivity contribution in [1.29, 1.82) is 0 Å². The molecule has 4 fully saturated rings. The molecule has 0 amide bonds. The standard InChI is InChI=1S/C58H44N2/c1-2-10-38(11-3-1)39-18-22-44(23-19-39)59-54-16-8-5-13-48(54)50-33-40(20-26-56(50)59)41-21-27-57-51(34-41)49-14-6-9-17-55(49)60(57)45-24-25-47-46-12-4-7-15-52(46)58(53(47)35-45)42-29-36-28-37(31-42)32-43(58)30-36/h1-27,33-37,42-43H,28-32H2. The van der Waals surface area contributed by atoms with Crippen molar-refractivity contribution < 1.29 is 0 Å². The SMILES string of the molecule is c1ccc(-c2ccc(-n3c4ccccc4c4cc(-c5ccc6c(c5)c5ccccc5n6-c5ccc6c(c5)C5(c7ccccc7-6)C6CC7CC(C6)CC5C7)ccc43)cc2)cc1. The smallest absolute Gasteiger partial charge is 0.0541 e. The summed E-state index contributed by atoms with van der Waals surface area (Å²) in [5.41, 5.74) is 18.7. The van der Waals surface area contributed by atoms with Crippen LogP contribution in [0.5, 0.6) is 0 Å². The number of hydrogen-bond donors (Lipinski definition) is 0. The molecule has 0 N–H and O–H groups in total. The predicted molar refractivity (Wildman–Crippen MR) is 249 cm³/mol. The Kier molecular flexibility index (Phi) is 6.76. The Morgan fingerprint density at radius 3 is 1.47 bits per heavy atom. The Labute approximate surface area is 350 Å². The van der Waals surface area contributed by atoms with Crippen LogP contribution < -0.4 is 0 Å². The zero-order valence-corrected chi connectivity index (χ0v) is 33.6. The molecule has 0 atom stereocenters. The van der Waals surface area contributed by atoms with Crippen molar-refractivity contribution in [3.8, 4) is 44.8 Å². The molecule has 1 spiro atoms. The summed E-state index contributed by atoms with van der Waals surface area (Å²) in [6, 6.07) is 68.8. The van der Waals surface area contributed by atoms with Gasteiger partial charge in [0, 0.05) is 38.3 Å². The van der Waals surface area contributed by atoms with Gasteiger partial charge in [0.05, 0.1) is 22.1 Å². The predicted octanol–water partition coefficient (Wildman–Crippen LogP) is 14.9. The van der Waals surface area contributed by atoms with Gasteiger partial charge < -0.3 is 9.13 Å². The minimum atomic E-state index is 0.147. The molecule has 0 radical (unpaired) electrons. The van der Waals surface area contributed by atoms with Gasteiger partial charge in [0.1, 0.15) is 0 Å². The molecule has 286 valence electrons. The van der Waals surface area contributed by atoms with Crippen LogP contribution in [0.2, 0.25) is 0 Å². The van der Waals surface area contributed by atoms with Gasteiger partial charge in [-0.05, 0) is 161 Å². The summed E-state index contributed by atoms with van der Waals surface area (Å²) >= 11 is 0. The summed E-state index contributed by atoms with van der Waals surface area (Å²) in [4.78, 5) is 0. The average Bonchev–Trinajstić information content (AvgIpc) is 3.92. The van der Waals surface area contributed by atoms with Crippen LogP contribution in [-0.4, -0.2) is 9.13 Å². The molecule has 4 saturated carbocycles. The summed E-state index contributed by atoms with van der Waals surface area (Å²) < 4.78 is 4.98. The molecule has 2 heteroatoms. The van der Waals surface area contributed by atoms with Gasteiger partial charge in [0.2, 0.25) is 0 Å². The van der Waals surface area contributed by atoms with Crippen LogP contribution in [-0.2, 0) is 5.41 Å². The van der Waals surface area contributed by atoms with Crippen molar-refractivity contribution in [2.75, 3.05) is 0 Å². The summed E-state index contributed by atoms with van der Waals surface area (Å²) in [5.74, 6) is 3.36. The fraction of sp³-hybridized carbons (Fsp3) is 0.172. The molecule has 5 aliphatic carbocycles. The van der Waals surface area contributed by atoms with Gasteiger partial charge in [-0.15, -0.1) is 0 Å². The number of hydrogen-bond acceptors (Lipinski definition) is 0.